The molecule has 0 saturated carbocycles. The van der Waals surface area contributed by atoms with E-state index >= 15 is 0 Å². The molecular weight excluding hydrogens is 354 g/mol. The second-order valence-electron chi connectivity index (χ2n) is 8.28. The van der Waals surface area contributed by atoms with Crippen LogP contribution in [0.15, 0.2) is 54.6 Å². The highest BCUT2D eigenvalue weighted by Gasteiger charge is 2.37. The van der Waals surface area contributed by atoms with E-state index in [1.165, 1.54) is 0 Å². The Bertz CT molecular complexity index is 785. The van der Waals surface area contributed by atoms with Crippen LogP contribution in [0, 0.1) is 5.92 Å². The van der Waals surface area contributed by atoms with Crippen LogP contribution in [0.3, 0.4) is 0 Å². The largest absolute Gasteiger partial charge is 0.489 e. The lowest BCUT2D eigenvalue weighted by atomic mass is 9.89. The number of hydrogen-bond donors (Lipinski definition) is 1. The molecule has 1 amide bonds. The zero-order valence-electron chi connectivity index (χ0n) is 16.8. The predicted molar refractivity (Wildman–Crippen MR) is 108 cm³/mol. The molecule has 2 aromatic carbocycles. The second-order valence-corrected chi connectivity index (χ2v) is 8.28. The van der Waals surface area contributed by atoms with E-state index in [0.29, 0.717) is 19.7 Å². The molecule has 1 aliphatic heterocycles. The molecular formula is C23H29NO4. The molecule has 0 aliphatic carbocycles. The number of amides is 1. The molecule has 0 bridgehead atoms. The third kappa shape index (κ3) is 5.26. The van der Waals surface area contributed by atoms with Gasteiger partial charge < -0.3 is 19.5 Å². The van der Waals surface area contributed by atoms with E-state index in [9.17, 15) is 9.90 Å². The van der Waals surface area contributed by atoms with Crippen LogP contribution in [-0.4, -0.2) is 41.4 Å². The SMILES string of the molecule is CC(C)(C)OC(=O)N1C[C@H](CO)[C@H](c2cccc(OCc3ccccc3)c2)C1. The summed E-state index contributed by atoms with van der Waals surface area (Å²) >= 11 is 0. The van der Waals surface area contributed by atoms with Crippen LogP contribution in [0.4, 0.5) is 4.79 Å². The molecule has 2 aromatic rings. The number of aliphatic hydroxyl groups is 1. The number of likely N-dealkylation sites (tertiary alicyclic amines) is 1. The number of benzene rings is 2. The third-order valence-electron chi connectivity index (χ3n) is 4.86. The van der Waals surface area contributed by atoms with Crippen LogP contribution in [0.25, 0.3) is 0 Å². The zero-order chi connectivity index (χ0) is 20.1. The number of aliphatic hydroxyl groups excluding tert-OH is 1. The number of carbonyl (C=O) groups is 1. The van der Waals surface area contributed by atoms with Crippen LogP contribution in [0.2, 0.25) is 0 Å². The molecule has 0 unspecified atom stereocenters. The highest BCUT2D eigenvalue weighted by Crippen LogP contribution is 2.34. The minimum absolute atomic E-state index is 0.0168. The van der Waals surface area contributed by atoms with Crippen molar-refractivity contribution in [3.05, 3.63) is 65.7 Å². The molecule has 28 heavy (non-hydrogen) atoms. The summed E-state index contributed by atoms with van der Waals surface area (Å²) in [5, 5.41) is 9.84. The standard InChI is InChI=1S/C23H29NO4/c1-23(2,3)28-22(26)24-13-19(15-25)21(14-24)18-10-7-11-20(12-18)27-16-17-8-5-4-6-9-17/h4-12,19,21,25H,13-16H2,1-3H3/t19-,21+/m1/s1. The molecule has 150 valence electrons. The van der Waals surface area contributed by atoms with Crippen LogP contribution >= 0.6 is 0 Å². The zero-order valence-corrected chi connectivity index (χ0v) is 16.8. The number of rotatable bonds is 5. The van der Waals surface area contributed by atoms with Gasteiger partial charge in [-0.25, -0.2) is 4.79 Å². The molecule has 1 fully saturated rings. The Balaban J connectivity index is 1.68. The van der Waals surface area contributed by atoms with Gasteiger partial charge >= 0.3 is 6.09 Å². The van der Waals surface area contributed by atoms with E-state index in [0.717, 1.165) is 16.9 Å². The van der Waals surface area contributed by atoms with E-state index in [-0.39, 0.29) is 24.5 Å². The molecule has 2 atom stereocenters. The lowest BCUT2D eigenvalue weighted by molar-refractivity contribution is 0.0283. The first-order chi connectivity index (χ1) is 13.4. The lowest BCUT2D eigenvalue weighted by Gasteiger charge is -2.24. The van der Waals surface area contributed by atoms with Gasteiger partial charge in [-0.15, -0.1) is 0 Å². The molecule has 0 radical (unpaired) electrons. The topological polar surface area (TPSA) is 59.0 Å². The van der Waals surface area contributed by atoms with Crippen LogP contribution < -0.4 is 4.74 Å². The summed E-state index contributed by atoms with van der Waals surface area (Å²) < 4.78 is 11.4. The second kappa shape index (κ2) is 8.65. The van der Waals surface area contributed by atoms with E-state index in [2.05, 4.69) is 0 Å². The summed E-state index contributed by atoms with van der Waals surface area (Å²) in [4.78, 5) is 14.1. The number of ether oxygens (including phenoxy) is 2. The highest BCUT2D eigenvalue weighted by molar-refractivity contribution is 5.68. The fourth-order valence-corrected chi connectivity index (χ4v) is 3.49. The molecule has 5 heteroatoms. The lowest BCUT2D eigenvalue weighted by Crippen LogP contribution is -2.35. The average molecular weight is 383 g/mol. The molecule has 0 aromatic heterocycles. The van der Waals surface area contributed by atoms with Crippen molar-refractivity contribution < 1.29 is 19.4 Å². The van der Waals surface area contributed by atoms with E-state index < -0.39 is 5.60 Å². The van der Waals surface area contributed by atoms with Gasteiger partial charge in [-0.05, 0) is 44.0 Å². The summed E-state index contributed by atoms with van der Waals surface area (Å²) in [6.45, 7) is 7.12. The van der Waals surface area contributed by atoms with Gasteiger partial charge in [0.2, 0.25) is 0 Å². The van der Waals surface area contributed by atoms with Crippen molar-refractivity contribution in [2.75, 3.05) is 19.7 Å². The monoisotopic (exact) mass is 383 g/mol. The summed E-state index contributed by atoms with van der Waals surface area (Å²) in [7, 11) is 0. The van der Waals surface area contributed by atoms with Gasteiger partial charge in [-0.3, -0.25) is 0 Å². The van der Waals surface area contributed by atoms with Gasteiger partial charge in [0, 0.05) is 31.5 Å². The summed E-state index contributed by atoms with van der Waals surface area (Å²) in [6.07, 6.45) is -0.329. The Morgan fingerprint density at radius 2 is 1.86 bits per heavy atom. The Morgan fingerprint density at radius 1 is 1.11 bits per heavy atom. The van der Waals surface area contributed by atoms with Crippen molar-refractivity contribution in [3.8, 4) is 5.75 Å². The maximum atomic E-state index is 12.4. The smallest absolute Gasteiger partial charge is 0.410 e. The summed E-state index contributed by atoms with van der Waals surface area (Å²) in [5.41, 5.74) is 1.64. The minimum atomic E-state index is -0.533. The van der Waals surface area contributed by atoms with Gasteiger partial charge in [0.25, 0.3) is 0 Å². The van der Waals surface area contributed by atoms with Crippen LogP contribution in [0.5, 0.6) is 5.75 Å². The van der Waals surface area contributed by atoms with Gasteiger partial charge in [0.15, 0.2) is 0 Å². The third-order valence-corrected chi connectivity index (χ3v) is 4.86. The Labute approximate surface area is 166 Å². The first-order valence-electron chi connectivity index (χ1n) is 9.71. The fourth-order valence-electron chi connectivity index (χ4n) is 3.49. The minimum Gasteiger partial charge on any atom is -0.489 e. The van der Waals surface area contributed by atoms with Crippen molar-refractivity contribution in [3.63, 3.8) is 0 Å². The molecule has 1 N–H and O–H groups in total. The quantitative estimate of drug-likeness (QED) is 0.840. The van der Waals surface area contributed by atoms with Crippen molar-refractivity contribution >= 4 is 6.09 Å². The molecule has 5 nitrogen and oxygen atoms in total. The van der Waals surface area contributed by atoms with E-state index in [4.69, 9.17) is 9.47 Å². The maximum Gasteiger partial charge on any atom is 0.410 e. The first-order valence-corrected chi connectivity index (χ1v) is 9.71. The van der Waals surface area contributed by atoms with Crippen LogP contribution in [0.1, 0.15) is 37.8 Å². The van der Waals surface area contributed by atoms with Crippen molar-refractivity contribution in [2.45, 2.75) is 38.9 Å². The van der Waals surface area contributed by atoms with E-state index in [1.54, 1.807) is 4.90 Å². The van der Waals surface area contributed by atoms with Gasteiger partial charge in [0.05, 0.1) is 0 Å². The summed E-state index contributed by atoms with van der Waals surface area (Å²) in [6, 6.07) is 17.9. The van der Waals surface area contributed by atoms with Crippen LogP contribution in [-0.2, 0) is 11.3 Å². The van der Waals surface area contributed by atoms with Crippen molar-refractivity contribution in [1.82, 2.24) is 4.90 Å². The number of hydrogen-bond acceptors (Lipinski definition) is 4. The molecule has 1 aliphatic rings. The summed E-state index contributed by atoms with van der Waals surface area (Å²) in [5.74, 6) is 0.823. The Morgan fingerprint density at radius 3 is 2.54 bits per heavy atom. The molecule has 0 spiro atoms. The Kier molecular flexibility index (Phi) is 6.25. The Hall–Kier alpha value is -2.53. The molecule has 1 heterocycles. The molecule has 1 saturated heterocycles. The van der Waals surface area contributed by atoms with E-state index in [1.807, 2.05) is 75.4 Å². The van der Waals surface area contributed by atoms with Gasteiger partial charge in [-0.2, -0.15) is 0 Å². The first kappa shape index (κ1) is 20.2. The normalized spacial score (nSPS) is 19.5. The predicted octanol–water partition coefficient (Wildman–Crippen LogP) is 4.21. The fraction of sp³-hybridized carbons (Fsp3) is 0.435. The number of nitrogens with zero attached hydrogens (tertiary/aromatic N) is 1. The average Bonchev–Trinajstić information content (AvgIpc) is 3.11. The van der Waals surface area contributed by atoms with Gasteiger partial charge in [-0.1, -0.05) is 42.5 Å². The van der Waals surface area contributed by atoms with Gasteiger partial charge in [0.1, 0.15) is 18.0 Å². The maximum absolute atomic E-state index is 12.4. The number of carbonyl (C=O) groups excluding carboxylic acids is 1. The highest BCUT2D eigenvalue weighted by atomic mass is 16.6. The molecule has 3 rings (SSSR count). The van der Waals surface area contributed by atoms with Crippen molar-refractivity contribution in [2.24, 2.45) is 5.92 Å². The van der Waals surface area contributed by atoms with Crippen molar-refractivity contribution in [1.29, 1.82) is 0 Å².